The summed E-state index contributed by atoms with van der Waals surface area (Å²) >= 11 is 1.56. The number of urea groups is 1. The number of rotatable bonds is 5. The number of hydrogen-bond acceptors (Lipinski definition) is 3. The molecule has 0 saturated carbocycles. The number of halogens is 1. The van der Waals surface area contributed by atoms with Crippen molar-refractivity contribution >= 4 is 29.4 Å². The van der Waals surface area contributed by atoms with E-state index in [-0.39, 0.29) is 5.69 Å². The van der Waals surface area contributed by atoms with E-state index in [9.17, 15) is 14.0 Å². The van der Waals surface area contributed by atoms with Gasteiger partial charge in [-0.2, -0.15) is 11.8 Å². The predicted octanol–water partition coefficient (Wildman–Crippen LogP) is 2.01. The maximum Gasteiger partial charge on any atom is 0.340 e. The quantitative estimate of drug-likeness (QED) is 0.716. The number of thioether (sulfide) groups is 1. The van der Waals surface area contributed by atoms with E-state index >= 15 is 0 Å². The summed E-state index contributed by atoms with van der Waals surface area (Å²) in [6.07, 6.45) is 1.90. The molecule has 0 aliphatic carbocycles. The van der Waals surface area contributed by atoms with E-state index in [1.165, 1.54) is 12.1 Å². The molecule has 1 rings (SSSR count). The molecule has 98 valence electrons. The normalized spacial score (nSPS) is 9.89. The summed E-state index contributed by atoms with van der Waals surface area (Å²) < 4.78 is 13.3. The minimum absolute atomic E-state index is 0.0656. The van der Waals surface area contributed by atoms with Crippen LogP contribution in [0.4, 0.5) is 14.9 Å². The van der Waals surface area contributed by atoms with Gasteiger partial charge in [0.1, 0.15) is 11.4 Å². The Bertz CT molecular complexity index is 454. The van der Waals surface area contributed by atoms with E-state index in [2.05, 4.69) is 10.6 Å². The lowest BCUT2D eigenvalue weighted by Crippen LogP contribution is -2.31. The number of benzene rings is 1. The molecule has 0 radical (unpaired) electrons. The first kappa shape index (κ1) is 14.3. The number of hydrogen-bond donors (Lipinski definition) is 3. The summed E-state index contributed by atoms with van der Waals surface area (Å²) in [5.41, 5.74) is -0.610. The van der Waals surface area contributed by atoms with E-state index in [0.29, 0.717) is 6.54 Å². The highest BCUT2D eigenvalue weighted by atomic mass is 32.2. The van der Waals surface area contributed by atoms with Gasteiger partial charge in [-0.25, -0.2) is 14.0 Å². The number of amides is 2. The molecule has 2 amide bonds. The average molecular weight is 272 g/mol. The molecular formula is C11H13FN2O3S. The fourth-order valence-corrected chi connectivity index (χ4v) is 1.58. The Morgan fingerprint density at radius 2 is 2.17 bits per heavy atom. The standard InChI is InChI=1S/C11H13FN2O3S/c1-18-6-5-13-11(17)14-8-4-2-3-7(12)9(8)10(15)16/h2-4H,5-6H2,1H3,(H,15,16)(H2,13,14,17). The van der Waals surface area contributed by atoms with Crippen molar-refractivity contribution in [2.24, 2.45) is 0 Å². The van der Waals surface area contributed by atoms with Crippen molar-refractivity contribution in [1.82, 2.24) is 5.32 Å². The maximum atomic E-state index is 13.3. The van der Waals surface area contributed by atoms with Gasteiger partial charge in [0.25, 0.3) is 0 Å². The van der Waals surface area contributed by atoms with Crippen LogP contribution in [0.25, 0.3) is 0 Å². The molecule has 1 aromatic carbocycles. The molecule has 1 aromatic rings. The van der Waals surface area contributed by atoms with E-state index in [1.54, 1.807) is 11.8 Å². The topological polar surface area (TPSA) is 78.4 Å². The molecule has 0 fully saturated rings. The number of carbonyl (C=O) groups is 2. The Morgan fingerprint density at radius 1 is 1.44 bits per heavy atom. The van der Waals surface area contributed by atoms with Gasteiger partial charge in [-0.1, -0.05) is 6.07 Å². The fraction of sp³-hybridized carbons (Fsp3) is 0.273. The molecule has 0 saturated heterocycles. The van der Waals surface area contributed by atoms with Gasteiger partial charge in [-0.3, -0.25) is 0 Å². The monoisotopic (exact) mass is 272 g/mol. The van der Waals surface area contributed by atoms with Crippen LogP contribution >= 0.6 is 11.8 Å². The highest BCUT2D eigenvalue weighted by Gasteiger charge is 2.16. The van der Waals surface area contributed by atoms with E-state index in [1.807, 2.05) is 6.26 Å². The zero-order valence-electron chi connectivity index (χ0n) is 9.70. The molecule has 0 aliphatic rings. The third-order valence-electron chi connectivity index (χ3n) is 2.07. The summed E-state index contributed by atoms with van der Waals surface area (Å²) in [6.45, 7) is 0.449. The van der Waals surface area contributed by atoms with Gasteiger partial charge in [-0.05, 0) is 18.4 Å². The number of aromatic carboxylic acids is 1. The lowest BCUT2D eigenvalue weighted by atomic mass is 10.1. The van der Waals surface area contributed by atoms with E-state index < -0.39 is 23.4 Å². The molecule has 0 heterocycles. The Morgan fingerprint density at radius 3 is 2.78 bits per heavy atom. The van der Waals surface area contributed by atoms with Crippen molar-refractivity contribution in [3.8, 4) is 0 Å². The number of carboxylic acid groups (broad SMARTS) is 1. The van der Waals surface area contributed by atoms with Crippen LogP contribution in [0.1, 0.15) is 10.4 Å². The maximum absolute atomic E-state index is 13.3. The Hall–Kier alpha value is -1.76. The second kappa shape index (κ2) is 6.85. The van der Waals surface area contributed by atoms with Crippen molar-refractivity contribution in [3.05, 3.63) is 29.6 Å². The zero-order valence-corrected chi connectivity index (χ0v) is 10.5. The third-order valence-corrected chi connectivity index (χ3v) is 2.68. The van der Waals surface area contributed by atoms with Crippen molar-refractivity contribution in [2.45, 2.75) is 0 Å². The van der Waals surface area contributed by atoms with Gasteiger partial charge in [0, 0.05) is 12.3 Å². The van der Waals surface area contributed by atoms with E-state index in [4.69, 9.17) is 5.11 Å². The summed E-state index contributed by atoms with van der Waals surface area (Å²) in [6, 6.07) is 3.14. The Balaban J connectivity index is 2.75. The van der Waals surface area contributed by atoms with Crippen LogP contribution < -0.4 is 10.6 Å². The van der Waals surface area contributed by atoms with Gasteiger partial charge in [-0.15, -0.1) is 0 Å². The molecule has 3 N–H and O–H groups in total. The largest absolute Gasteiger partial charge is 0.478 e. The number of carboxylic acids is 1. The van der Waals surface area contributed by atoms with Crippen LogP contribution in [0.3, 0.4) is 0 Å². The second-order valence-electron chi connectivity index (χ2n) is 3.34. The van der Waals surface area contributed by atoms with Crippen molar-refractivity contribution in [1.29, 1.82) is 0 Å². The number of nitrogens with one attached hydrogen (secondary N) is 2. The van der Waals surface area contributed by atoms with Crippen molar-refractivity contribution < 1.29 is 19.1 Å². The van der Waals surface area contributed by atoms with Crippen LogP contribution in [0.2, 0.25) is 0 Å². The Kier molecular flexibility index (Phi) is 5.44. The van der Waals surface area contributed by atoms with Gasteiger partial charge >= 0.3 is 12.0 Å². The van der Waals surface area contributed by atoms with Crippen molar-refractivity contribution in [2.75, 3.05) is 23.9 Å². The number of anilines is 1. The summed E-state index contributed by atoms with van der Waals surface area (Å²) in [5.74, 6) is -1.57. The average Bonchev–Trinajstić information content (AvgIpc) is 2.28. The van der Waals surface area contributed by atoms with Crippen molar-refractivity contribution in [3.63, 3.8) is 0 Å². The first-order valence-electron chi connectivity index (χ1n) is 5.12. The molecule has 0 spiro atoms. The van der Waals surface area contributed by atoms with Crippen LogP contribution in [-0.4, -0.2) is 35.7 Å². The second-order valence-corrected chi connectivity index (χ2v) is 4.33. The van der Waals surface area contributed by atoms with Crippen LogP contribution in [0.5, 0.6) is 0 Å². The molecule has 5 nitrogen and oxygen atoms in total. The molecule has 0 bridgehead atoms. The van der Waals surface area contributed by atoms with Gasteiger partial charge < -0.3 is 15.7 Å². The molecule has 18 heavy (non-hydrogen) atoms. The minimum atomic E-state index is -1.42. The first-order chi connectivity index (χ1) is 8.56. The molecule has 0 atom stereocenters. The fourth-order valence-electron chi connectivity index (χ4n) is 1.28. The van der Waals surface area contributed by atoms with E-state index in [0.717, 1.165) is 11.8 Å². The van der Waals surface area contributed by atoms with Crippen LogP contribution in [-0.2, 0) is 0 Å². The van der Waals surface area contributed by atoms with Gasteiger partial charge in [0.05, 0.1) is 5.69 Å². The summed E-state index contributed by atoms with van der Waals surface area (Å²) in [4.78, 5) is 22.3. The highest BCUT2D eigenvalue weighted by molar-refractivity contribution is 7.98. The summed E-state index contributed by atoms with van der Waals surface area (Å²) in [7, 11) is 0. The van der Waals surface area contributed by atoms with Crippen LogP contribution in [0.15, 0.2) is 18.2 Å². The smallest absolute Gasteiger partial charge is 0.340 e. The first-order valence-corrected chi connectivity index (χ1v) is 6.51. The molecule has 0 aromatic heterocycles. The third kappa shape index (κ3) is 3.92. The van der Waals surface area contributed by atoms with Gasteiger partial charge in [0.2, 0.25) is 0 Å². The molecular weight excluding hydrogens is 259 g/mol. The predicted molar refractivity (Wildman–Crippen MR) is 68.8 cm³/mol. The molecule has 0 aliphatic heterocycles. The SMILES string of the molecule is CSCCNC(=O)Nc1cccc(F)c1C(=O)O. The Labute approximate surface area is 108 Å². The lowest BCUT2D eigenvalue weighted by Gasteiger charge is -2.09. The summed E-state index contributed by atoms with van der Waals surface area (Å²) in [5, 5.41) is 13.7. The van der Waals surface area contributed by atoms with Gasteiger partial charge in [0.15, 0.2) is 0 Å². The zero-order chi connectivity index (χ0) is 13.5. The highest BCUT2D eigenvalue weighted by Crippen LogP contribution is 2.18. The van der Waals surface area contributed by atoms with Crippen LogP contribution in [0, 0.1) is 5.82 Å². The number of carbonyl (C=O) groups excluding carboxylic acids is 1. The molecule has 0 unspecified atom stereocenters. The lowest BCUT2D eigenvalue weighted by molar-refractivity contribution is 0.0693. The minimum Gasteiger partial charge on any atom is -0.478 e. The molecule has 7 heteroatoms.